The number of carbonyl (C=O) groups excluding carboxylic acids is 1. The Balaban J connectivity index is 1.76. The molecule has 1 heterocycles. The molecule has 0 fully saturated rings. The number of rotatable bonds is 4. The van der Waals surface area contributed by atoms with Gasteiger partial charge in [-0.05, 0) is 35.2 Å². The molecular formula is C19H16Cl2N2O2. The summed E-state index contributed by atoms with van der Waals surface area (Å²) in [5.74, 6) is -0.146. The van der Waals surface area contributed by atoms with Crippen LogP contribution in [0.2, 0.25) is 10.0 Å². The van der Waals surface area contributed by atoms with Gasteiger partial charge in [-0.3, -0.25) is 9.59 Å². The molecule has 0 aliphatic heterocycles. The Kier molecular flexibility index (Phi) is 5.11. The maximum Gasteiger partial charge on any atom is 0.252 e. The SMILES string of the molecule is CN(Cc1ccc(Cl)c(Cl)c1)C(=O)Cc1cc2ccccc2[nH]c1=O. The van der Waals surface area contributed by atoms with Crippen LogP contribution in [0.3, 0.4) is 0 Å². The van der Waals surface area contributed by atoms with Crippen molar-refractivity contribution in [2.45, 2.75) is 13.0 Å². The fourth-order valence-electron chi connectivity index (χ4n) is 2.62. The average molecular weight is 375 g/mol. The number of fused-ring (bicyclic) bond motifs is 1. The average Bonchev–Trinajstić information content (AvgIpc) is 2.58. The second kappa shape index (κ2) is 7.30. The number of benzene rings is 2. The number of hydrogen-bond acceptors (Lipinski definition) is 2. The van der Waals surface area contributed by atoms with E-state index in [1.807, 2.05) is 30.3 Å². The third-order valence-electron chi connectivity index (χ3n) is 4.00. The zero-order valence-electron chi connectivity index (χ0n) is 13.6. The molecule has 0 saturated heterocycles. The number of nitrogens with one attached hydrogen (secondary N) is 1. The van der Waals surface area contributed by atoms with Crippen molar-refractivity contribution >= 4 is 40.0 Å². The van der Waals surface area contributed by atoms with Gasteiger partial charge in [-0.15, -0.1) is 0 Å². The Morgan fingerprint density at radius 2 is 1.84 bits per heavy atom. The second-order valence-electron chi connectivity index (χ2n) is 5.89. The lowest BCUT2D eigenvalue weighted by Crippen LogP contribution is -2.29. The molecule has 3 aromatic rings. The molecule has 1 N–H and O–H groups in total. The largest absolute Gasteiger partial charge is 0.341 e. The van der Waals surface area contributed by atoms with Gasteiger partial charge in [0, 0.05) is 24.7 Å². The molecule has 25 heavy (non-hydrogen) atoms. The fraction of sp³-hybridized carbons (Fsp3) is 0.158. The zero-order chi connectivity index (χ0) is 18.0. The van der Waals surface area contributed by atoms with E-state index in [1.165, 1.54) is 0 Å². The number of pyridine rings is 1. The number of halogens is 2. The van der Waals surface area contributed by atoms with Crippen LogP contribution < -0.4 is 5.56 Å². The minimum absolute atomic E-state index is 0.0397. The molecule has 2 aromatic carbocycles. The van der Waals surface area contributed by atoms with Crippen molar-refractivity contribution in [1.82, 2.24) is 9.88 Å². The summed E-state index contributed by atoms with van der Waals surface area (Å²) in [4.78, 5) is 29.0. The number of likely N-dealkylation sites (N-methyl/N-ethyl adjacent to an activating group) is 1. The van der Waals surface area contributed by atoms with Crippen molar-refractivity contribution < 1.29 is 4.79 Å². The standard InChI is InChI=1S/C19H16Cl2N2O2/c1-23(11-12-6-7-15(20)16(21)8-12)18(24)10-14-9-13-4-2-3-5-17(13)22-19(14)25/h2-9H,10-11H2,1H3,(H,22,25). The number of para-hydroxylation sites is 1. The summed E-state index contributed by atoms with van der Waals surface area (Å²) >= 11 is 11.9. The van der Waals surface area contributed by atoms with Gasteiger partial charge in [0.2, 0.25) is 5.91 Å². The Morgan fingerprint density at radius 1 is 1.08 bits per heavy atom. The van der Waals surface area contributed by atoms with Crippen molar-refractivity contribution in [3.63, 3.8) is 0 Å². The van der Waals surface area contributed by atoms with Gasteiger partial charge in [-0.25, -0.2) is 0 Å². The van der Waals surface area contributed by atoms with E-state index in [4.69, 9.17) is 23.2 Å². The summed E-state index contributed by atoms with van der Waals surface area (Å²) in [6.07, 6.45) is 0.0397. The first-order valence-electron chi connectivity index (χ1n) is 7.73. The maximum atomic E-state index is 12.5. The van der Waals surface area contributed by atoms with Gasteiger partial charge in [0.15, 0.2) is 0 Å². The molecule has 1 amide bonds. The molecule has 4 nitrogen and oxygen atoms in total. The summed E-state index contributed by atoms with van der Waals surface area (Å²) < 4.78 is 0. The van der Waals surface area contributed by atoms with Crippen LogP contribution >= 0.6 is 23.2 Å². The molecule has 6 heteroatoms. The molecule has 128 valence electrons. The monoisotopic (exact) mass is 374 g/mol. The van der Waals surface area contributed by atoms with Gasteiger partial charge < -0.3 is 9.88 Å². The van der Waals surface area contributed by atoms with Crippen LogP contribution in [0, 0.1) is 0 Å². The van der Waals surface area contributed by atoms with Crippen molar-refractivity contribution in [2.24, 2.45) is 0 Å². The Bertz CT molecular complexity index is 998. The molecule has 0 aliphatic carbocycles. The number of aromatic nitrogens is 1. The maximum absolute atomic E-state index is 12.5. The van der Waals surface area contributed by atoms with E-state index in [0.717, 1.165) is 16.5 Å². The minimum Gasteiger partial charge on any atom is -0.341 e. The molecule has 1 aromatic heterocycles. The van der Waals surface area contributed by atoms with Gasteiger partial charge in [0.25, 0.3) is 5.56 Å². The summed E-state index contributed by atoms with van der Waals surface area (Å²) in [5.41, 5.74) is 1.84. The molecule has 0 spiro atoms. The number of H-pyrrole nitrogens is 1. The Hall–Kier alpha value is -2.30. The zero-order valence-corrected chi connectivity index (χ0v) is 15.1. The highest BCUT2D eigenvalue weighted by Crippen LogP contribution is 2.23. The van der Waals surface area contributed by atoms with Crippen LogP contribution in [0.4, 0.5) is 0 Å². The Morgan fingerprint density at radius 3 is 2.60 bits per heavy atom. The van der Waals surface area contributed by atoms with E-state index >= 15 is 0 Å². The molecule has 0 bridgehead atoms. The summed E-state index contributed by atoms with van der Waals surface area (Å²) in [6, 6.07) is 14.5. The van der Waals surface area contributed by atoms with Crippen LogP contribution in [-0.4, -0.2) is 22.8 Å². The first kappa shape index (κ1) is 17.5. The molecule has 0 saturated carbocycles. The summed E-state index contributed by atoms with van der Waals surface area (Å²) in [6.45, 7) is 0.390. The van der Waals surface area contributed by atoms with Crippen LogP contribution in [0.1, 0.15) is 11.1 Å². The lowest BCUT2D eigenvalue weighted by Gasteiger charge is -2.17. The molecular weight excluding hydrogens is 359 g/mol. The van der Waals surface area contributed by atoms with Crippen molar-refractivity contribution in [3.8, 4) is 0 Å². The van der Waals surface area contributed by atoms with Gasteiger partial charge in [-0.2, -0.15) is 0 Å². The highest BCUT2D eigenvalue weighted by Gasteiger charge is 2.14. The molecule has 0 unspecified atom stereocenters. The fourth-order valence-corrected chi connectivity index (χ4v) is 2.94. The number of amides is 1. The Labute approximate surface area is 155 Å². The molecule has 3 rings (SSSR count). The van der Waals surface area contributed by atoms with E-state index in [0.29, 0.717) is 22.2 Å². The third-order valence-corrected chi connectivity index (χ3v) is 4.74. The van der Waals surface area contributed by atoms with Crippen LogP contribution in [0.15, 0.2) is 53.3 Å². The highest BCUT2D eigenvalue weighted by atomic mass is 35.5. The first-order valence-corrected chi connectivity index (χ1v) is 8.48. The summed E-state index contributed by atoms with van der Waals surface area (Å²) in [7, 11) is 1.69. The molecule has 0 aliphatic rings. The normalized spacial score (nSPS) is 10.8. The van der Waals surface area contributed by atoms with Gasteiger partial charge >= 0.3 is 0 Å². The van der Waals surface area contributed by atoms with Gasteiger partial charge in [0.05, 0.1) is 16.5 Å². The lowest BCUT2D eigenvalue weighted by atomic mass is 10.1. The van der Waals surface area contributed by atoms with E-state index in [1.54, 1.807) is 30.1 Å². The predicted octanol–water partition coefficient (Wildman–Crippen LogP) is 4.04. The van der Waals surface area contributed by atoms with Crippen LogP contribution in [0.5, 0.6) is 0 Å². The molecule has 0 radical (unpaired) electrons. The number of carbonyl (C=O) groups is 1. The predicted molar refractivity (Wildman–Crippen MR) is 101 cm³/mol. The number of nitrogens with zero attached hydrogens (tertiary/aromatic N) is 1. The molecule has 0 atom stereocenters. The quantitative estimate of drug-likeness (QED) is 0.749. The smallest absolute Gasteiger partial charge is 0.252 e. The first-order chi connectivity index (χ1) is 11.9. The van der Waals surface area contributed by atoms with Crippen molar-refractivity contribution in [1.29, 1.82) is 0 Å². The third kappa shape index (κ3) is 4.03. The second-order valence-corrected chi connectivity index (χ2v) is 6.70. The van der Waals surface area contributed by atoms with E-state index in [9.17, 15) is 9.59 Å². The minimum atomic E-state index is -0.241. The van der Waals surface area contributed by atoms with Crippen LogP contribution in [-0.2, 0) is 17.8 Å². The highest BCUT2D eigenvalue weighted by molar-refractivity contribution is 6.42. The van der Waals surface area contributed by atoms with Gasteiger partial charge in [0.1, 0.15) is 0 Å². The van der Waals surface area contributed by atoms with E-state index < -0.39 is 0 Å². The lowest BCUT2D eigenvalue weighted by molar-refractivity contribution is -0.129. The van der Waals surface area contributed by atoms with E-state index in [2.05, 4.69) is 4.98 Å². The van der Waals surface area contributed by atoms with E-state index in [-0.39, 0.29) is 17.9 Å². The topological polar surface area (TPSA) is 53.2 Å². The summed E-state index contributed by atoms with van der Waals surface area (Å²) in [5, 5.41) is 1.82. The van der Waals surface area contributed by atoms with Crippen molar-refractivity contribution in [3.05, 3.63) is 80.1 Å². The van der Waals surface area contributed by atoms with Crippen molar-refractivity contribution in [2.75, 3.05) is 7.05 Å². The van der Waals surface area contributed by atoms with Gasteiger partial charge in [-0.1, -0.05) is 47.5 Å². The number of aromatic amines is 1. The number of hydrogen-bond donors (Lipinski definition) is 1. The van der Waals surface area contributed by atoms with Crippen LogP contribution in [0.25, 0.3) is 10.9 Å².